The van der Waals surface area contributed by atoms with E-state index in [0.717, 1.165) is 44.9 Å². The first-order valence-corrected chi connectivity index (χ1v) is 10.7. The standard InChI is InChI=1S/C20H38N4O2/c21-15-16-9-6-7-12-18(16)24-19(25)13-5-2-8-14-22-20(26)23-17-10-3-1-4-11-17/h16-18H,1-15,21H2,(H,24,25)(H2,22,23,26). The van der Waals surface area contributed by atoms with E-state index in [1.807, 2.05) is 0 Å². The molecule has 2 rings (SSSR count). The summed E-state index contributed by atoms with van der Waals surface area (Å²) in [7, 11) is 0. The zero-order valence-corrected chi connectivity index (χ0v) is 16.2. The van der Waals surface area contributed by atoms with Crippen LogP contribution in [0.1, 0.15) is 83.5 Å². The normalized spacial score (nSPS) is 24.0. The number of nitrogens with two attached hydrogens (primary N) is 1. The number of carbonyl (C=O) groups is 2. The molecule has 2 aliphatic rings. The molecule has 2 unspecified atom stereocenters. The van der Waals surface area contributed by atoms with Crippen LogP contribution in [0.2, 0.25) is 0 Å². The molecule has 0 aromatic carbocycles. The van der Waals surface area contributed by atoms with Gasteiger partial charge < -0.3 is 21.7 Å². The van der Waals surface area contributed by atoms with Crippen LogP contribution in [-0.2, 0) is 4.79 Å². The van der Waals surface area contributed by atoms with Crippen molar-refractivity contribution < 1.29 is 9.59 Å². The van der Waals surface area contributed by atoms with E-state index in [9.17, 15) is 9.59 Å². The van der Waals surface area contributed by atoms with Gasteiger partial charge in [0.2, 0.25) is 5.91 Å². The van der Waals surface area contributed by atoms with Gasteiger partial charge in [0.25, 0.3) is 0 Å². The highest BCUT2D eigenvalue weighted by molar-refractivity contribution is 5.76. The van der Waals surface area contributed by atoms with Gasteiger partial charge in [-0.3, -0.25) is 4.79 Å². The number of hydrogen-bond donors (Lipinski definition) is 4. The lowest BCUT2D eigenvalue weighted by Gasteiger charge is -2.31. The quantitative estimate of drug-likeness (QED) is 0.472. The molecule has 2 atom stereocenters. The van der Waals surface area contributed by atoms with Gasteiger partial charge in [0.05, 0.1) is 0 Å². The molecule has 6 heteroatoms. The molecule has 0 aliphatic heterocycles. The first kappa shape index (κ1) is 21.0. The van der Waals surface area contributed by atoms with Crippen LogP contribution in [0.15, 0.2) is 0 Å². The molecule has 0 aromatic rings. The number of amides is 3. The van der Waals surface area contributed by atoms with Crippen molar-refractivity contribution in [2.24, 2.45) is 11.7 Å². The molecule has 0 radical (unpaired) electrons. The summed E-state index contributed by atoms with van der Waals surface area (Å²) < 4.78 is 0. The van der Waals surface area contributed by atoms with E-state index in [-0.39, 0.29) is 18.0 Å². The van der Waals surface area contributed by atoms with E-state index in [1.54, 1.807) is 0 Å². The second kappa shape index (κ2) is 12.2. The van der Waals surface area contributed by atoms with Crippen LogP contribution < -0.4 is 21.7 Å². The monoisotopic (exact) mass is 366 g/mol. The van der Waals surface area contributed by atoms with E-state index in [2.05, 4.69) is 16.0 Å². The summed E-state index contributed by atoms with van der Waals surface area (Å²) in [5.41, 5.74) is 5.82. The largest absolute Gasteiger partial charge is 0.353 e. The minimum atomic E-state index is -0.0419. The number of unbranched alkanes of at least 4 members (excludes halogenated alkanes) is 2. The van der Waals surface area contributed by atoms with E-state index in [4.69, 9.17) is 5.73 Å². The van der Waals surface area contributed by atoms with Crippen molar-refractivity contribution in [3.8, 4) is 0 Å². The van der Waals surface area contributed by atoms with Gasteiger partial charge in [-0.15, -0.1) is 0 Å². The van der Waals surface area contributed by atoms with Crippen LogP contribution in [0.5, 0.6) is 0 Å². The predicted molar refractivity (Wildman–Crippen MR) is 105 cm³/mol. The Hall–Kier alpha value is -1.30. The predicted octanol–water partition coefficient (Wildman–Crippen LogP) is 2.81. The average Bonchev–Trinajstić information content (AvgIpc) is 2.66. The zero-order valence-electron chi connectivity index (χ0n) is 16.2. The summed E-state index contributed by atoms with van der Waals surface area (Å²) in [4.78, 5) is 23.9. The van der Waals surface area contributed by atoms with Crippen LogP contribution in [0.25, 0.3) is 0 Å². The van der Waals surface area contributed by atoms with Crippen molar-refractivity contribution >= 4 is 11.9 Å². The first-order valence-electron chi connectivity index (χ1n) is 10.7. The highest BCUT2D eigenvalue weighted by atomic mass is 16.2. The smallest absolute Gasteiger partial charge is 0.315 e. The van der Waals surface area contributed by atoms with Crippen molar-refractivity contribution in [3.05, 3.63) is 0 Å². The summed E-state index contributed by atoms with van der Waals surface area (Å²) in [6, 6.07) is 0.579. The van der Waals surface area contributed by atoms with Crippen molar-refractivity contribution in [1.82, 2.24) is 16.0 Å². The molecule has 2 aliphatic carbocycles. The molecule has 2 fully saturated rings. The van der Waals surface area contributed by atoms with Gasteiger partial charge >= 0.3 is 6.03 Å². The highest BCUT2D eigenvalue weighted by Crippen LogP contribution is 2.23. The van der Waals surface area contributed by atoms with Crippen molar-refractivity contribution in [2.45, 2.75) is 95.6 Å². The highest BCUT2D eigenvalue weighted by Gasteiger charge is 2.24. The lowest BCUT2D eigenvalue weighted by Crippen LogP contribution is -2.44. The minimum Gasteiger partial charge on any atom is -0.353 e. The third kappa shape index (κ3) is 7.94. The number of rotatable bonds is 9. The zero-order chi connectivity index (χ0) is 18.6. The summed E-state index contributed by atoms with van der Waals surface area (Å²) in [6.07, 6.45) is 13.9. The van der Waals surface area contributed by atoms with Gasteiger partial charge in [-0.05, 0) is 51.0 Å². The summed E-state index contributed by atoms with van der Waals surface area (Å²) in [6.45, 7) is 1.34. The Kier molecular flexibility index (Phi) is 9.82. The maximum absolute atomic E-state index is 12.1. The van der Waals surface area contributed by atoms with Crippen molar-refractivity contribution in [2.75, 3.05) is 13.1 Å². The fraction of sp³-hybridized carbons (Fsp3) is 0.900. The Balaban J connectivity index is 1.46. The van der Waals surface area contributed by atoms with E-state index < -0.39 is 0 Å². The number of urea groups is 1. The Morgan fingerprint density at radius 1 is 0.846 bits per heavy atom. The molecule has 26 heavy (non-hydrogen) atoms. The van der Waals surface area contributed by atoms with Crippen LogP contribution in [0, 0.1) is 5.92 Å². The summed E-state index contributed by atoms with van der Waals surface area (Å²) >= 11 is 0. The molecule has 0 spiro atoms. The van der Waals surface area contributed by atoms with Crippen LogP contribution in [-0.4, -0.2) is 37.1 Å². The molecule has 3 amide bonds. The van der Waals surface area contributed by atoms with Gasteiger partial charge in [0.15, 0.2) is 0 Å². The molecule has 0 bridgehead atoms. The second-order valence-corrected chi connectivity index (χ2v) is 8.00. The number of hydrogen-bond acceptors (Lipinski definition) is 3. The summed E-state index contributed by atoms with van der Waals surface area (Å²) in [5.74, 6) is 0.595. The maximum atomic E-state index is 12.1. The SMILES string of the molecule is NCC1CCCCC1NC(=O)CCCCCNC(=O)NC1CCCCC1. The lowest BCUT2D eigenvalue weighted by atomic mass is 9.84. The van der Waals surface area contributed by atoms with Gasteiger partial charge in [-0.2, -0.15) is 0 Å². The summed E-state index contributed by atoms with van der Waals surface area (Å²) in [5, 5.41) is 9.17. The third-order valence-electron chi connectivity index (χ3n) is 5.86. The molecule has 2 saturated carbocycles. The maximum Gasteiger partial charge on any atom is 0.315 e. The third-order valence-corrected chi connectivity index (χ3v) is 5.86. The number of carbonyl (C=O) groups excluding carboxylic acids is 2. The molecular formula is C20H38N4O2. The molecular weight excluding hydrogens is 328 g/mol. The van der Waals surface area contributed by atoms with Crippen molar-refractivity contribution in [3.63, 3.8) is 0 Å². The van der Waals surface area contributed by atoms with Crippen LogP contribution in [0.4, 0.5) is 4.79 Å². The minimum absolute atomic E-state index is 0.0419. The van der Waals surface area contributed by atoms with E-state index >= 15 is 0 Å². The molecule has 5 N–H and O–H groups in total. The lowest BCUT2D eigenvalue weighted by molar-refractivity contribution is -0.122. The Morgan fingerprint density at radius 2 is 1.58 bits per heavy atom. The first-order chi connectivity index (χ1) is 12.7. The topological polar surface area (TPSA) is 96.2 Å². The van der Waals surface area contributed by atoms with Gasteiger partial charge in [0, 0.05) is 25.0 Å². The van der Waals surface area contributed by atoms with Gasteiger partial charge in [-0.1, -0.05) is 38.5 Å². The van der Waals surface area contributed by atoms with Crippen molar-refractivity contribution in [1.29, 1.82) is 0 Å². The molecule has 6 nitrogen and oxygen atoms in total. The molecule has 0 aromatic heterocycles. The second-order valence-electron chi connectivity index (χ2n) is 8.00. The van der Waals surface area contributed by atoms with E-state index in [1.165, 1.54) is 32.1 Å². The fourth-order valence-corrected chi connectivity index (χ4v) is 4.23. The Bertz CT molecular complexity index is 424. The molecule has 0 saturated heterocycles. The number of nitrogens with one attached hydrogen (secondary N) is 3. The van der Waals surface area contributed by atoms with E-state index in [0.29, 0.717) is 31.5 Å². The van der Waals surface area contributed by atoms with Crippen LogP contribution in [0.3, 0.4) is 0 Å². The fourth-order valence-electron chi connectivity index (χ4n) is 4.23. The Labute approximate surface area is 158 Å². The van der Waals surface area contributed by atoms with Gasteiger partial charge in [-0.25, -0.2) is 4.79 Å². The Morgan fingerprint density at radius 3 is 2.35 bits per heavy atom. The van der Waals surface area contributed by atoms with Gasteiger partial charge in [0.1, 0.15) is 0 Å². The van der Waals surface area contributed by atoms with Crippen LogP contribution >= 0.6 is 0 Å². The molecule has 150 valence electrons. The average molecular weight is 367 g/mol. The molecule has 0 heterocycles.